The summed E-state index contributed by atoms with van der Waals surface area (Å²) in [5.41, 5.74) is 3.13. The summed E-state index contributed by atoms with van der Waals surface area (Å²) in [4.78, 5) is 4.69. The average molecular weight is 458 g/mol. The number of aliphatic hydroxyl groups is 1. The van der Waals surface area contributed by atoms with E-state index in [1.807, 2.05) is 26.8 Å². The number of rotatable bonds is 9. The molecule has 0 unspecified atom stereocenters. The topological polar surface area (TPSA) is 75.7 Å². The van der Waals surface area contributed by atoms with Gasteiger partial charge in [-0.2, -0.15) is 0 Å². The minimum absolute atomic E-state index is 0.0418. The molecule has 0 amide bonds. The lowest BCUT2D eigenvalue weighted by Gasteiger charge is -2.25. The molecular weight excluding hydrogens is 426 g/mol. The zero-order valence-electron chi connectivity index (χ0n) is 19.4. The monoisotopic (exact) mass is 457 g/mol. The van der Waals surface area contributed by atoms with Crippen LogP contribution in [0.15, 0.2) is 40.8 Å². The van der Waals surface area contributed by atoms with E-state index in [2.05, 4.69) is 26.0 Å². The Morgan fingerprint density at radius 2 is 1.88 bits per heavy atom. The Hall–Kier alpha value is -2.50. The number of halogens is 1. The highest BCUT2D eigenvalue weighted by Gasteiger charge is 2.20. The highest BCUT2D eigenvalue weighted by molar-refractivity contribution is 6.30. The van der Waals surface area contributed by atoms with Crippen LogP contribution in [-0.2, 0) is 12.8 Å². The van der Waals surface area contributed by atoms with Crippen LogP contribution in [-0.4, -0.2) is 27.4 Å². The molecule has 1 aromatic heterocycles. The Morgan fingerprint density at radius 3 is 2.50 bits per heavy atom. The van der Waals surface area contributed by atoms with Gasteiger partial charge >= 0.3 is 0 Å². The number of phenols is 1. The molecule has 5 nitrogen and oxygen atoms in total. The van der Waals surface area contributed by atoms with Crippen molar-refractivity contribution in [2.45, 2.75) is 65.4 Å². The maximum atomic E-state index is 10.2. The van der Waals surface area contributed by atoms with Crippen molar-refractivity contribution in [3.05, 3.63) is 64.0 Å². The lowest BCUT2D eigenvalue weighted by atomic mass is 10.0. The molecule has 0 saturated heterocycles. The quantitative estimate of drug-likeness (QED) is 0.385. The van der Waals surface area contributed by atoms with Crippen LogP contribution in [0.5, 0.6) is 11.5 Å². The Morgan fingerprint density at radius 1 is 1.12 bits per heavy atom. The molecule has 0 aliphatic rings. The third-order valence-electron chi connectivity index (χ3n) is 5.33. The molecule has 3 rings (SSSR count). The first-order chi connectivity index (χ1) is 15.1. The second kappa shape index (κ2) is 9.97. The molecule has 172 valence electrons. The van der Waals surface area contributed by atoms with Crippen LogP contribution in [0.2, 0.25) is 5.02 Å². The number of aromatic nitrogens is 1. The summed E-state index contributed by atoms with van der Waals surface area (Å²) >= 11 is 5.95. The predicted molar refractivity (Wildman–Crippen MR) is 128 cm³/mol. The number of ether oxygens (including phenoxy) is 1. The summed E-state index contributed by atoms with van der Waals surface area (Å²) in [7, 11) is 0. The van der Waals surface area contributed by atoms with Gasteiger partial charge in [0, 0.05) is 10.9 Å². The summed E-state index contributed by atoms with van der Waals surface area (Å²) in [6.45, 7) is 9.85. The molecule has 0 spiro atoms. The maximum Gasteiger partial charge on any atom is 0.230 e. The van der Waals surface area contributed by atoms with E-state index < -0.39 is 5.60 Å². The first-order valence-electron chi connectivity index (χ1n) is 11.0. The number of aliphatic hydroxyl groups excluding tert-OH is 1. The second-order valence-corrected chi connectivity index (χ2v) is 9.56. The molecule has 2 N–H and O–H groups in total. The van der Waals surface area contributed by atoms with Crippen molar-refractivity contribution in [3.8, 4) is 23.0 Å². The largest absolute Gasteiger partial charge is 0.507 e. The minimum Gasteiger partial charge on any atom is -0.507 e. The van der Waals surface area contributed by atoms with E-state index in [0.717, 1.165) is 42.0 Å². The van der Waals surface area contributed by atoms with Crippen molar-refractivity contribution < 1.29 is 19.4 Å². The summed E-state index contributed by atoms with van der Waals surface area (Å²) in [6, 6.07) is 11.1. The van der Waals surface area contributed by atoms with Gasteiger partial charge < -0.3 is 19.4 Å². The molecule has 3 aromatic rings. The summed E-state index contributed by atoms with van der Waals surface area (Å²) in [5.74, 6) is 2.30. The summed E-state index contributed by atoms with van der Waals surface area (Å²) in [5, 5.41) is 20.1. The minimum atomic E-state index is -0.608. The van der Waals surface area contributed by atoms with E-state index in [9.17, 15) is 10.2 Å². The van der Waals surface area contributed by atoms with E-state index in [1.54, 1.807) is 12.1 Å². The number of benzene rings is 2. The molecule has 32 heavy (non-hydrogen) atoms. The molecule has 0 bridgehead atoms. The Balaban J connectivity index is 1.70. The normalized spacial score (nSPS) is 11.9. The van der Waals surface area contributed by atoms with Crippen LogP contribution in [0, 0.1) is 6.92 Å². The van der Waals surface area contributed by atoms with Gasteiger partial charge in [0.15, 0.2) is 0 Å². The molecule has 0 radical (unpaired) electrons. The fourth-order valence-electron chi connectivity index (χ4n) is 3.57. The number of phenolic OH excluding ortho intramolecular Hbond substituents is 1. The van der Waals surface area contributed by atoms with Crippen LogP contribution >= 0.6 is 11.6 Å². The lowest BCUT2D eigenvalue weighted by molar-refractivity contribution is 0.0406. The Labute approximate surface area is 195 Å². The highest BCUT2D eigenvalue weighted by Crippen LogP contribution is 2.34. The predicted octanol–water partition coefficient (Wildman–Crippen LogP) is 6.46. The first-order valence-corrected chi connectivity index (χ1v) is 11.4. The fourth-order valence-corrected chi connectivity index (χ4v) is 3.73. The van der Waals surface area contributed by atoms with Crippen molar-refractivity contribution in [1.29, 1.82) is 0 Å². The van der Waals surface area contributed by atoms with Crippen LogP contribution in [0.25, 0.3) is 11.5 Å². The molecule has 0 aliphatic carbocycles. The van der Waals surface area contributed by atoms with Gasteiger partial charge in [0.2, 0.25) is 5.89 Å². The Kier molecular flexibility index (Phi) is 7.52. The standard InChI is InChI=1S/C26H32ClNO4/c1-16(2)24-21(28-25(31-24)20-11-10-19(27)14-22(20)30)8-6-7-18-9-12-23(17(3)13-18)32-26(4,5)15-29/h9-14,16,29-30H,6-8,15H2,1-5H3. The van der Waals surface area contributed by atoms with Crippen LogP contribution < -0.4 is 4.74 Å². The van der Waals surface area contributed by atoms with Crippen molar-refractivity contribution in [2.75, 3.05) is 6.61 Å². The molecule has 0 saturated carbocycles. The number of oxazole rings is 1. The second-order valence-electron chi connectivity index (χ2n) is 9.12. The lowest BCUT2D eigenvalue weighted by Crippen LogP contribution is -2.32. The van der Waals surface area contributed by atoms with Crippen molar-refractivity contribution in [2.24, 2.45) is 0 Å². The van der Waals surface area contributed by atoms with Crippen LogP contribution in [0.1, 0.15) is 62.6 Å². The van der Waals surface area contributed by atoms with Gasteiger partial charge in [-0.15, -0.1) is 0 Å². The number of hydrogen-bond acceptors (Lipinski definition) is 5. The van der Waals surface area contributed by atoms with Crippen molar-refractivity contribution >= 4 is 11.6 Å². The number of aromatic hydroxyl groups is 1. The third-order valence-corrected chi connectivity index (χ3v) is 5.56. The van der Waals surface area contributed by atoms with Crippen molar-refractivity contribution in [3.63, 3.8) is 0 Å². The summed E-state index contributed by atoms with van der Waals surface area (Å²) in [6.07, 6.45) is 2.59. The molecule has 0 aliphatic heterocycles. The van der Waals surface area contributed by atoms with Crippen LogP contribution in [0.3, 0.4) is 0 Å². The maximum absolute atomic E-state index is 10.2. The highest BCUT2D eigenvalue weighted by atomic mass is 35.5. The van der Waals surface area contributed by atoms with Crippen LogP contribution in [0.4, 0.5) is 0 Å². The van der Waals surface area contributed by atoms with Gasteiger partial charge in [-0.1, -0.05) is 37.6 Å². The first kappa shape index (κ1) is 24.1. The number of nitrogens with zero attached hydrogens (tertiary/aromatic N) is 1. The molecule has 2 aromatic carbocycles. The van der Waals surface area contributed by atoms with Gasteiger partial charge in [0.05, 0.1) is 17.9 Å². The number of aryl methyl sites for hydroxylation is 3. The average Bonchev–Trinajstić information content (AvgIpc) is 3.14. The number of hydrogen-bond donors (Lipinski definition) is 2. The van der Waals surface area contributed by atoms with E-state index in [4.69, 9.17) is 25.7 Å². The fraction of sp³-hybridized carbons (Fsp3) is 0.423. The van der Waals surface area contributed by atoms with E-state index in [1.165, 1.54) is 11.6 Å². The van der Waals surface area contributed by atoms with Gasteiger partial charge in [-0.05, 0) is 75.4 Å². The van der Waals surface area contributed by atoms with Gasteiger partial charge in [-0.3, -0.25) is 0 Å². The van der Waals surface area contributed by atoms with Gasteiger partial charge in [-0.25, -0.2) is 4.98 Å². The molecule has 1 heterocycles. The van der Waals surface area contributed by atoms with Gasteiger partial charge in [0.25, 0.3) is 0 Å². The van der Waals surface area contributed by atoms with Gasteiger partial charge in [0.1, 0.15) is 22.9 Å². The Bertz CT molecular complexity index is 1070. The van der Waals surface area contributed by atoms with E-state index in [0.29, 0.717) is 16.5 Å². The molecule has 6 heteroatoms. The molecule has 0 fully saturated rings. The SMILES string of the molecule is Cc1cc(CCCc2nc(-c3ccc(Cl)cc3O)oc2C(C)C)ccc1OC(C)(C)CO. The smallest absolute Gasteiger partial charge is 0.230 e. The third kappa shape index (κ3) is 5.84. The van der Waals surface area contributed by atoms with E-state index >= 15 is 0 Å². The molecular formula is C26H32ClNO4. The van der Waals surface area contributed by atoms with Crippen molar-refractivity contribution in [1.82, 2.24) is 4.98 Å². The zero-order chi connectivity index (χ0) is 23.5. The summed E-state index contributed by atoms with van der Waals surface area (Å²) < 4.78 is 11.9. The van der Waals surface area contributed by atoms with E-state index in [-0.39, 0.29) is 18.3 Å². The molecule has 0 atom stereocenters. The zero-order valence-corrected chi connectivity index (χ0v) is 20.2.